The molecule has 1 N–H and O–H groups in total. The molecule has 3 aromatic rings. The second kappa shape index (κ2) is 12.7. The molecule has 4 rings (SSSR count). The fraction of sp³-hybridized carbons (Fsp3) is 0.179. The summed E-state index contributed by atoms with van der Waals surface area (Å²) in [7, 11) is 1.48. The molecule has 3 aromatic carbocycles. The Balaban J connectivity index is 1.42. The van der Waals surface area contributed by atoms with Gasteiger partial charge >= 0.3 is 0 Å². The van der Waals surface area contributed by atoms with Crippen LogP contribution < -0.4 is 19.5 Å². The molecule has 0 radical (unpaired) electrons. The maximum Gasteiger partial charge on any atom is 0.293 e. The third kappa shape index (κ3) is 6.56. The van der Waals surface area contributed by atoms with Crippen molar-refractivity contribution in [3.63, 3.8) is 0 Å². The molecule has 0 saturated carbocycles. The van der Waals surface area contributed by atoms with Crippen molar-refractivity contribution in [2.45, 2.75) is 13.5 Å². The van der Waals surface area contributed by atoms with E-state index >= 15 is 0 Å². The minimum atomic E-state index is -0.362. The Labute approximate surface area is 233 Å². The number of nitrogens with one attached hydrogen (secondary N) is 1. The number of rotatable bonds is 10. The van der Waals surface area contributed by atoms with Crippen LogP contribution in [0.1, 0.15) is 18.1 Å². The lowest BCUT2D eigenvalue weighted by Crippen LogP contribution is -2.27. The molecule has 3 amide bonds. The highest BCUT2D eigenvalue weighted by molar-refractivity contribution is 9.10. The number of para-hydroxylation sites is 2. The zero-order valence-electron chi connectivity index (χ0n) is 20.7. The molecule has 38 heavy (non-hydrogen) atoms. The van der Waals surface area contributed by atoms with E-state index in [0.29, 0.717) is 40.0 Å². The molecule has 1 aliphatic rings. The van der Waals surface area contributed by atoms with Crippen molar-refractivity contribution in [2.75, 3.05) is 25.6 Å². The van der Waals surface area contributed by atoms with E-state index < -0.39 is 0 Å². The lowest BCUT2D eigenvalue weighted by atomic mass is 10.1. The molecule has 0 bridgehead atoms. The number of ether oxygens (including phenoxy) is 3. The number of anilines is 1. The molecule has 0 spiro atoms. The summed E-state index contributed by atoms with van der Waals surface area (Å²) >= 11 is 4.34. The number of imide groups is 1. The highest BCUT2D eigenvalue weighted by Gasteiger charge is 2.35. The van der Waals surface area contributed by atoms with Gasteiger partial charge < -0.3 is 19.5 Å². The Morgan fingerprint density at radius 2 is 1.76 bits per heavy atom. The van der Waals surface area contributed by atoms with Crippen LogP contribution in [0.2, 0.25) is 0 Å². The van der Waals surface area contributed by atoms with Gasteiger partial charge in [0, 0.05) is 4.47 Å². The molecule has 1 fully saturated rings. The van der Waals surface area contributed by atoms with Gasteiger partial charge in [-0.05, 0) is 66.2 Å². The number of nitrogens with zero attached hydrogens (tertiary/aromatic N) is 1. The fourth-order valence-corrected chi connectivity index (χ4v) is 4.91. The van der Waals surface area contributed by atoms with E-state index in [1.165, 1.54) is 12.0 Å². The van der Waals surface area contributed by atoms with Crippen LogP contribution in [-0.2, 0) is 16.1 Å². The molecule has 1 heterocycles. The molecular weight excluding hydrogens is 572 g/mol. The number of hydrogen-bond donors (Lipinski definition) is 1. The predicted molar refractivity (Wildman–Crippen MR) is 150 cm³/mol. The summed E-state index contributed by atoms with van der Waals surface area (Å²) < 4.78 is 17.5. The first kappa shape index (κ1) is 27.3. The van der Waals surface area contributed by atoms with Crippen LogP contribution in [0.3, 0.4) is 0 Å². The smallest absolute Gasteiger partial charge is 0.293 e. The lowest BCUT2D eigenvalue weighted by Gasteiger charge is -2.14. The Kier molecular flexibility index (Phi) is 9.09. The van der Waals surface area contributed by atoms with Crippen LogP contribution in [0.25, 0.3) is 6.08 Å². The zero-order valence-corrected chi connectivity index (χ0v) is 23.1. The monoisotopic (exact) mass is 596 g/mol. The highest BCUT2D eigenvalue weighted by atomic mass is 79.9. The summed E-state index contributed by atoms with van der Waals surface area (Å²) in [6.45, 7) is 2.28. The largest absolute Gasteiger partial charge is 0.493 e. The lowest BCUT2D eigenvalue weighted by molar-refractivity contribution is -0.123. The normalized spacial score (nSPS) is 14.1. The van der Waals surface area contributed by atoms with Gasteiger partial charge in [-0.2, -0.15) is 0 Å². The minimum Gasteiger partial charge on any atom is -0.493 e. The molecule has 8 nitrogen and oxygen atoms in total. The first-order chi connectivity index (χ1) is 18.4. The average Bonchev–Trinajstić information content (AvgIpc) is 3.17. The van der Waals surface area contributed by atoms with Crippen LogP contribution >= 0.6 is 27.7 Å². The predicted octanol–water partition coefficient (Wildman–Crippen LogP) is 6.11. The number of amides is 3. The summed E-state index contributed by atoms with van der Waals surface area (Å²) in [6, 6.07) is 19.7. The maximum absolute atomic E-state index is 12.9. The molecule has 196 valence electrons. The van der Waals surface area contributed by atoms with E-state index in [1.807, 2.05) is 37.3 Å². The number of carbonyl (C=O) groups excluding carboxylic acids is 3. The van der Waals surface area contributed by atoms with Gasteiger partial charge in [0.15, 0.2) is 18.1 Å². The van der Waals surface area contributed by atoms with Gasteiger partial charge in [-0.25, -0.2) is 0 Å². The SMILES string of the molecule is CCOc1ccccc1NC(=O)COc1ccc(/C=C2\SC(=O)N(Cc3ccccc3Br)C2=O)cc1OC. The number of halogens is 1. The third-order valence-electron chi connectivity index (χ3n) is 5.47. The van der Waals surface area contributed by atoms with Crippen LogP contribution in [0.4, 0.5) is 10.5 Å². The summed E-state index contributed by atoms with van der Waals surface area (Å²) in [5.74, 6) is 0.598. The minimum absolute atomic E-state index is 0.177. The summed E-state index contributed by atoms with van der Waals surface area (Å²) in [5.41, 5.74) is 2.04. The fourth-order valence-electron chi connectivity index (χ4n) is 3.66. The second-order valence-electron chi connectivity index (χ2n) is 8.04. The summed E-state index contributed by atoms with van der Waals surface area (Å²) in [4.78, 5) is 39.5. The standard InChI is InChI=1S/C28H25BrN2O6S/c1-3-36-22-11-7-6-10-21(22)30-26(32)17-37-23-13-12-18(14-24(23)35-2)15-25-27(33)31(28(34)38-25)16-19-8-4-5-9-20(19)29/h4-15H,3,16-17H2,1-2H3,(H,30,32)/b25-15-. The average molecular weight is 597 g/mol. The Bertz CT molecular complexity index is 1390. The second-order valence-corrected chi connectivity index (χ2v) is 9.88. The molecule has 0 aromatic heterocycles. The van der Waals surface area contributed by atoms with E-state index in [9.17, 15) is 14.4 Å². The first-order valence-corrected chi connectivity index (χ1v) is 13.3. The van der Waals surface area contributed by atoms with Crippen molar-refractivity contribution in [1.29, 1.82) is 0 Å². The van der Waals surface area contributed by atoms with Gasteiger partial charge in [0.25, 0.3) is 17.1 Å². The van der Waals surface area contributed by atoms with Crippen LogP contribution in [0, 0.1) is 0 Å². The molecule has 0 atom stereocenters. The van der Waals surface area contributed by atoms with Gasteiger partial charge in [-0.1, -0.05) is 52.3 Å². The van der Waals surface area contributed by atoms with Crippen molar-refractivity contribution in [2.24, 2.45) is 0 Å². The van der Waals surface area contributed by atoms with Gasteiger partial charge in [0.2, 0.25) is 0 Å². The van der Waals surface area contributed by atoms with Crippen molar-refractivity contribution in [3.05, 3.63) is 87.2 Å². The molecule has 1 aliphatic heterocycles. The molecule has 1 saturated heterocycles. The molecule has 0 unspecified atom stereocenters. The highest BCUT2D eigenvalue weighted by Crippen LogP contribution is 2.36. The van der Waals surface area contributed by atoms with Crippen LogP contribution in [-0.4, -0.2) is 42.3 Å². The number of carbonyl (C=O) groups is 3. The number of thioether (sulfide) groups is 1. The zero-order chi connectivity index (χ0) is 27.1. The van der Waals surface area contributed by atoms with Crippen molar-refractivity contribution in [3.8, 4) is 17.2 Å². The van der Waals surface area contributed by atoms with Gasteiger partial charge in [0.1, 0.15) is 5.75 Å². The van der Waals surface area contributed by atoms with Crippen LogP contribution in [0.5, 0.6) is 17.2 Å². The van der Waals surface area contributed by atoms with Gasteiger partial charge in [0.05, 0.1) is 30.9 Å². The Morgan fingerprint density at radius 1 is 1.00 bits per heavy atom. The molecule has 0 aliphatic carbocycles. The Morgan fingerprint density at radius 3 is 2.53 bits per heavy atom. The van der Waals surface area contributed by atoms with Gasteiger partial charge in [-0.3, -0.25) is 19.3 Å². The number of methoxy groups -OCH3 is 1. The van der Waals surface area contributed by atoms with E-state index in [-0.39, 0.29) is 30.2 Å². The third-order valence-corrected chi connectivity index (χ3v) is 7.15. The van der Waals surface area contributed by atoms with Crippen molar-refractivity contribution >= 4 is 56.5 Å². The van der Waals surface area contributed by atoms with E-state index in [1.54, 1.807) is 42.5 Å². The van der Waals surface area contributed by atoms with E-state index in [2.05, 4.69) is 21.2 Å². The maximum atomic E-state index is 12.9. The van der Waals surface area contributed by atoms with Crippen molar-refractivity contribution < 1.29 is 28.6 Å². The summed E-state index contributed by atoms with van der Waals surface area (Å²) in [6.07, 6.45) is 1.63. The first-order valence-electron chi connectivity index (χ1n) is 11.7. The number of hydrogen-bond acceptors (Lipinski definition) is 7. The van der Waals surface area contributed by atoms with Crippen LogP contribution in [0.15, 0.2) is 76.1 Å². The number of benzene rings is 3. The van der Waals surface area contributed by atoms with E-state index in [4.69, 9.17) is 14.2 Å². The molecule has 10 heteroatoms. The van der Waals surface area contributed by atoms with Crippen molar-refractivity contribution in [1.82, 2.24) is 4.90 Å². The topological polar surface area (TPSA) is 94.2 Å². The quantitative estimate of drug-likeness (QED) is 0.282. The summed E-state index contributed by atoms with van der Waals surface area (Å²) in [5, 5.41) is 2.45. The van der Waals surface area contributed by atoms with Gasteiger partial charge in [-0.15, -0.1) is 0 Å². The Hall–Kier alpha value is -3.76. The molecular formula is C28H25BrN2O6S. The van der Waals surface area contributed by atoms with E-state index in [0.717, 1.165) is 21.8 Å².